The average molecular weight is 665 g/mol. The molecule has 5 nitrogen and oxygen atoms in total. The second-order valence-corrected chi connectivity index (χ2v) is 13.7. The lowest BCUT2D eigenvalue weighted by Gasteiger charge is -2.40. The summed E-state index contributed by atoms with van der Waals surface area (Å²) in [7, 11) is 0. The predicted molar refractivity (Wildman–Crippen MR) is 208 cm³/mol. The van der Waals surface area contributed by atoms with E-state index in [1.165, 1.54) is 21.5 Å². The molecule has 242 valence electrons. The quantitative estimate of drug-likeness (QED) is 0.185. The Bertz CT molecular complexity index is 3030. The summed E-state index contributed by atoms with van der Waals surface area (Å²) in [5.74, 6) is 1.65. The van der Waals surface area contributed by atoms with Crippen molar-refractivity contribution in [2.24, 2.45) is 0 Å². The zero-order chi connectivity index (χ0) is 34.0. The Morgan fingerprint density at radius 1 is 0.442 bits per heavy atom. The van der Waals surface area contributed by atoms with Crippen molar-refractivity contribution >= 4 is 43.6 Å². The number of ether oxygens (including phenoxy) is 1. The lowest BCUT2D eigenvalue weighted by Crippen LogP contribution is -2.33. The van der Waals surface area contributed by atoms with Gasteiger partial charge in [0.15, 0.2) is 0 Å². The molecule has 1 unspecified atom stereocenters. The van der Waals surface area contributed by atoms with Crippen LogP contribution in [-0.4, -0.2) is 19.1 Å². The fraction of sp³-hybridized carbons (Fsp3) is 0.0213. The second kappa shape index (κ2) is 10.1. The topological polar surface area (TPSA) is 44.9 Å². The zero-order valence-corrected chi connectivity index (χ0v) is 27.9. The molecule has 2 aliphatic rings. The number of hydrogen-bond donors (Lipinski definition) is 0. The van der Waals surface area contributed by atoms with E-state index < -0.39 is 5.41 Å². The van der Waals surface area contributed by atoms with Crippen LogP contribution in [-0.2, 0) is 5.41 Å². The van der Waals surface area contributed by atoms with Crippen LogP contribution >= 0.6 is 0 Å². The molecule has 0 fully saturated rings. The van der Waals surface area contributed by atoms with Gasteiger partial charge in [-0.15, -0.1) is 0 Å². The van der Waals surface area contributed by atoms with Crippen LogP contribution in [0.15, 0.2) is 170 Å². The highest BCUT2D eigenvalue weighted by molar-refractivity contribution is 6.10. The molecule has 6 aromatic carbocycles. The Morgan fingerprint density at radius 3 is 1.65 bits per heavy atom. The highest BCUT2D eigenvalue weighted by Gasteiger charge is 2.54. The third-order valence-electron chi connectivity index (χ3n) is 11.3. The predicted octanol–water partition coefficient (Wildman–Crippen LogP) is 11.1. The Hall–Kier alpha value is -6.98. The van der Waals surface area contributed by atoms with Crippen molar-refractivity contribution in [1.82, 2.24) is 19.1 Å². The van der Waals surface area contributed by atoms with E-state index in [2.05, 4.69) is 167 Å². The minimum atomic E-state index is -0.784. The van der Waals surface area contributed by atoms with Gasteiger partial charge in [-0.2, -0.15) is 0 Å². The van der Waals surface area contributed by atoms with Crippen LogP contribution in [0.2, 0.25) is 0 Å². The van der Waals surface area contributed by atoms with Crippen LogP contribution in [0.3, 0.4) is 0 Å². The lowest BCUT2D eigenvalue weighted by molar-refractivity contribution is 0.435. The summed E-state index contributed by atoms with van der Waals surface area (Å²) in [5, 5.41) is 4.86. The molecule has 0 radical (unpaired) electrons. The summed E-state index contributed by atoms with van der Waals surface area (Å²) in [5.41, 5.74) is 12.0. The SMILES string of the molecule is c1ccc2c(c1)Oc1cccc(-n3c4ccccc4c4ccccc43)c1C21c2cccnc2-c2ncc(-n3c4ccccc4c4ccccc43)cc21. The normalized spacial score (nSPS) is 15.5. The van der Waals surface area contributed by atoms with Gasteiger partial charge in [-0.05, 0) is 60.2 Å². The number of benzene rings is 6. The van der Waals surface area contributed by atoms with Crippen molar-refractivity contribution in [2.75, 3.05) is 0 Å². The minimum Gasteiger partial charge on any atom is -0.457 e. The Balaban J connectivity index is 1.25. The fourth-order valence-electron chi connectivity index (χ4n) is 9.32. The molecule has 4 aromatic heterocycles. The van der Waals surface area contributed by atoms with Gasteiger partial charge in [-0.1, -0.05) is 103 Å². The number of fused-ring (bicyclic) bond motifs is 15. The van der Waals surface area contributed by atoms with E-state index in [1.807, 2.05) is 12.4 Å². The molecule has 1 aliphatic carbocycles. The van der Waals surface area contributed by atoms with Gasteiger partial charge in [0.25, 0.3) is 0 Å². The molecule has 12 rings (SSSR count). The summed E-state index contributed by atoms with van der Waals surface area (Å²) >= 11 is 0. The molecule has 0 N–H and O–H groups in total. The van der Waals surface area contributed by atoms with Crippen molar-refractivity contribution in [1.29, 1.82) is 0 Å². The third-order valence-corrected chi connectivity index (χ3v) is 11.3. The first kappa shape index (κ1) is 27.8. The molecule has 1 aliphatic heterocycles. The van der Waals surface area contributed by atoms with E-state index in [0.717, 1.165) is 78.6 Å². The number of pyridine rings is 2. The van der Waals surface area contributed by atoms with Crippen molar-refractivity contribution < 1.29 is 4.74 Å². The van der Waals surface area contributed by atoms with Crippen LogP contribution in [0, 0.1) is 0 Å². The van der Waals surface area contributed by atoms with Crippen molar-refractivity contribution in [2.45, 2.75) is 5.41 Å². The summed E-state index contributed by atoms with van der Waals surface area (Å²) in [6.07, 6.45) is 3.90. The molecule has 0 bridgehead atoms. The molecule has 0 amide bonds. The van der Waals surface area contributed by atoms with Gasteiger partial charge in [0, 0.05) is 44.4 Å². The smallest absolute Gasteiger partial charge is 0.134 e. The first-order valence-electron chi connectivity index (χ1n) is 17.7. The highest BCUT2D eigenvalue weighted by atomic mass is 16.5. The molecular weight excluding hydrogens is 637 g/mol. The molecule has 52 heavy (non-hydrogen) atoms. The number of hydrogen-bond acceptors (Lipinski definition) is 3. The summed E-state index contributed by atoms with van der Waals surface area (Å²) in [6, 6.07) is 56.3. The monoisotopic (exact) mass is 664 g/mol. The summed E-state index contributed by atoms with van der Waals surface area (Å²) < 4.78 is 11.7. The molecule has 5 heterocycles. The van der Waals surface area contributed by atoms with Gasteiger partial charge in [0.1, 0.15) is 11.5 Å². The maximum atomic E-state index is 6.92. The maximum Gasteiger partial charge on any atom is 0.134 e. The van der Waals surface area contributed by atoms with Gasteiger partial charge in [-0.25, -0.2) is 0 Å². The van der Waals surface area contributed by atoms with Crippen molar-refractivity contribution in [3.05, 3.63) is 192 Å². The molecule has 5 heteroatoms. The van der Waals surface area contributed by atoms with Crippen molar-refractivity contribution in [3.8, 4) is 34.3 Å². The van der Waals surface area contributed by atoms with Crippen LogP contribution in [0.4, 0.5) is 0 Å². The van der Waals surface area contributed by atoms with E-state index in [1.54, 1.807) is 0 Å². The zero-order valence-electron chi connectivity index (χ0n) is 27.9. The number of para-hydroxylation sites is 5. The van der Waals surface area contributed by atoms with E-state index in [0.29, 0.717) is 0 Å². The molecule has 1 atom stereocenters. The first-order chi connectivity index (χ1) is 25.8. The number of rotatable bonds is 2. The van der Waals surface area contributed by atoms with Crippen LogP contribution in [0.25, 0.3) is 66.4 Å². The highest BCUT2D eigenvalue weighted by Crippen LogP contribution is 2.63. The van der Waals surface area contributed by atoms with E-state index in [-0.39, 0.29) is 0 Å². The largest absolute Gasteiger partial charge is 0.457 e. The second-order valence-electron chi connectivity index (χ2n) is 13.7. The average Bonchev–Trinajstić information content (AvgIpc) is 3.82. The Kier molecular flexibility index (Phi) is 5.37. The third kappa shape index (κ3) is 3.38. The van der Waals surface area contributed by atoms with Gasteiger partial charge in [0.2, 0.25) is 0 Å². The summed E-state index contributed by atoms with van der Waals surface area (Å²) in [4.78, 5) is 10.4. The van der Waals surface area contributed by atoms with Crippen LogP contribution in [0.5, 0.6) is 11.5 Å². The van der Waals surface area contributed by atoms with E-state index in [9.17, 15) is 0 Å². The van der Waals surface area contributed by atoms with Crippen LogP contribution in [0.1, 0.15) is 22.3 Å². The van der Waals surface area contributed by atoms with Gasteiger partial charge in [-0.3, -0.25) is 9.97 Å². The molecule has 0 saturated heterocycles. The van der Waals surface area contributed by atoms with E-state index >= 15 is 0 Å². The van der Waals surface area contributed by atoms with Gasteiger partial charge >= 0.3 is 0 Å². The molecule has 10 aromatic rings. The minimum absolute atomic E-state index is 0.784. The number of nitrogens with zero attached hydrogens (tertiary/aromatic N) is 4. The number of aromatic nitrogens is 4. The summed E-state index contributed by atoms with van der Waals surface area (Å²) in [6.45, 7) is 0. The van der Waals surface area contributed by atoms with E-state index in [4.69, 9.17) is 14.7 Å². The Morgan fingerprint density at radius 2 is 0.981 bits per heavy atom. The first-order valence-corrected chi connectivity index (χ1v) is 17.7. The standard InChI is InChI=1S/C47H28N4O/c1-6-19-37-30(13-1)31-14-2-7-20-38(31)50(37)29-27-36-46(49-28-29)45-35(18-12-26-48-45)47(36)34-17-5-10-24-42(34)52-43-25-11-23-41(44(43)47)51-39-21-8-3-15-32(39)33-16-4-9-22-40(33)51/h1-28H. The maximum absolute atomic E-state index is 6.92. The molecule has 0 saturated carbocycles. The van der Waals surface area contributed by atoms with Gasteiger partial charge in [0.05, 0.1) is 56.4 Å². The Labute approximate surface area is 298 Å². The fourth-order valence-corrected chi connectivity index (χ4v) is 9.32. The van der Waals surface area contributed by atoms with Crippen molar-refractivity contribution in [3.63, 3.8) is 0 Å². The van der Waals surface area contributed by atoms with Crippen LogP contribution < -0.4 is 4.74 Å². The molecular formula is C47H28N4O. The molecule has 1 spiro atoms. The lowest BCUT2D eigenvalue weighted by atomic mass is 9.65. The van der Waals surface area contributed by atoms with Gasteiger partial charge < -0.3 is 13.9 Å².